The molecule has 0 atom stereocenters. The summed E-state index contributed by atoms with van der Waals surface area (Å²) in [6, 6.07) is 8.03. The van der Waals surface area contributed by atoms with Gasteiger partial charge in [-0.25, -0.2) is 0 Å². The highest BCUT2D eigenvalue weighted by Gasteiger charge is 2.06. The lowest BCUT2D eigenvalue weighted by atomic mass is 10.0. The van der Waals surface area contributed by atoms with E-state index in [2.05, 4.69) is 11.1 Å². The SMILES string of the molecule is OC1=c2c(ncc3ccccc23)=CCC1. The van der Waals surface area contributed by atoms with E-state index in [1.54, 1.807) is 0 Å². The first-order valence-electron chi connectivity index (χ1n) is 5.12. The number of benzene rings is 1. The summed E-state index contributed by atoms with van der Waals surface area (Å²) in [4.78, 5) is 4.36. The summed E-state index contributed by atoms with van der Waals surface area (Å²) in [6.45, 7) is 0. The molecule has 1 aliphatic rings. The van der Waals surface area contributed by atoms with Crippen molar-refractivity contribution in [3.05, 3.63) is 41.0 Å². The van der Waals surface area contributed by atoms with Gasteiger partial charge in [-0.15, -0.1) is 0 Å². The largest absolute Gasteiger partial charge is 0.512 e. The summed E-state index contributed by atoms with van der Waals surface area (Å²) in [6.07, 6.45) is 5.55. The number of hydrogen-bond acceptors (Lipinski definition) is 2. The van der Waals surface area contributed by atoms with E-state index in [0.29, 0.717) is 5.76 Å². The van der Waals surface area contributed by atoms with E-state index in [-0.39, 0.29) is 0 Å². The number of aliphatic hydroxyl groups is 1. The van der Waals surface area contributed by atoms with Crippen molar-refractivity contribution < 1.29 is 5.11 Å². The molecule has 1 aromatic heterocycles. The lowest BCUT2D eigenvalue weighted by Gasteiger charge is -2.06. The van der Waals surface area contributed by atoms with Crippen molar-refractivity contribution in [2.24, 2.45) is 0 Å². The van der Waals surface area contributed by atoms with Gasteiger partial charge in [0.2, 0.25) is 0 Å². The van der Waals surface area contributed by atoms with Crippen molar-refractivity contribution >= 4 is 22.6 Å². The molecule has 1 N–H and O–H groups in total. The van der Waals surface area contributed by atoms with E-state index in [0.717, 1.165) is 34.2 Å². The molecule has 15 heavy (non-hydrogen) atoms. The molecule has 0 saturated heterocycles. The predicted octanol–water partition coefficient (Wildman–Crippen LogP) is 1.48. The van der Waals surface area contributed by atoms with Crippen LogP contribution in [0.15, 0.2) is 30.5 Å². The standard InChI is InChI=1S/C13H11NO/c15-12-7-3-6-11-13(12)10-5-2-1-4-9(10)8-14-11/h1-2,4-6,8,15H,3,7H2. The topological polar surface area (TPSA) is 33.1 Å². The third-order valence-electron chi connectivity index (χ3n) is 2.84. The third kappa shape index (κ3) is 1.22. The van der Waals surface area contributed by atoms with Crippen molar-refractivity contribution in [1.29, 1.82) is 0 Å². The van der Waals surface area contributed by atoms with Crippen LogP contribution in [0.1, 0.15) is 12.8 Å². The summed E-state index contributed by atoms with van der Waals surface area (Å²) in [5.41, 5.74) is 0. The second-order valence-electron chi connectivity index (χ2n) is 3.80. The molecule has 2 aromatic rings. The van der Waals surface area contributed by atoms with E-state index in [4.69, 9.17) is 0 Å². The molecule has 0 unspecified atom stereocenters. The van der Waals surface area contributed by atoms with Gasteiger partial charge in [-0.2, -0.15) is 0 Å². The fraction of sp³-hybridized carbons (Fsp3) is 0.154. The summed E-state index contributed by atoms with van der Waals surface area (Å²) >= 11 is 0. The summed E-state index contributed by atoms with van der Waals surface area (Å²) in [7, 11) is 0. The Morgan fingerprint density at radius 2 is 2.07 bits per heavy atom. The Labute approximate surface area is 87.2 Å². The quantitative estimate of drug-likeness (QED) is 0.694. The number of nitrogens with zero attached hydrogens (tertiary/aromatic N) is 1. The van der Waals surface area contributed by atoms with Gasteiger partial charge < -0.3 is 5.11 Å². The van der Waals surface area contributed by atoms with Gasteiger partial charge in [0.15, 0.2) is 0 Å². The number of aromatic nitrogens is 1. The number of rotatable bonds is 0. The van der Waals surface area contributed by atoms with Crippen LogP contribution in [0.2, 0.25) is 0 Å². The maximum absolute atomic E-state index is 9.92. The minimum Gasteiger partial charge on any atom is -0.512 e. The van der Waals surface area contributed by atoms with Crippen LogP contribution in [0.5, 0.6) is 0 Å². The van der Waals surface area contributed by atoms with Gasteiger partial charge >= 0.3 is 0 Å². The highest BCUT2D eigenvalue weighted by atomic mass is 16.3. The van der Waals surface area contributed by atoms with Crippen LogP contribution in [-0.4, -0.2) is 10.1 Å². The Bertz CT molecular complexity index is 643. The molecule has 0 amide bonds. The zero-order chi connectivity index (χ0) is 10.3. The molecule has 3 rings (SSSR count). The maximum Gasteiger partial charge on any atom is 0.103 e. The van der Waals surface area contributed by atoms with E-state index >= 15 is 0 Å². The average Bonchev–Trinajstić information content (AvgIpc) is 2.29. The minimum atomic E-state index is 0.469. The molecule has 0 aliphatic heterocycles. The highest BCUT2D eigenvalue weighted by Crippen LogP contribution is 2.10. The lowest BCUT2D eigenvalue weighted by molar-refractivity contribution is 0.478. The molecule has 2 heteroatoms. The summed E-state index contributed by atoms with van der Waals surface area (Å²) in [5.74, 6) is 0.469. The second kappa shape index (κ2) is 3.09. The first kappa shape index (κ1) is 8.48. The molecule has 0 spiro atoms. The fourth-order valence-corrected chi connectivity index (χ4v) is 2.11. The Morgan fingerprint density at radius 3 is 3.00 bits per heavy atom. The molecule has 0 fully saturated rings. The van der Waals surface area contributed by atoms with Gasteiger partial charge in [0.05, 0.1) is 5.35 Å². The summed E-state index contributed by atoms with van der Waals surface area (Å²) in [5, 5.41) is 13.9. The van der Waals surface area contributed by atoms with Crippen LogP contribution in [0.3, 0.4) is 0 Å². The molecule has 0 bridgehead atoms. The van der Waals surface area contributed by atoms with Crippen LogP contribution >= 0.6 is 0 Å². The van der Waals surface area contributed by atoms with Crippen molar-refractivity contribution in [2.45, 2.75) is 12.8 Å². The van der Waals surface area contributed by atoms with Gasteiger partial charge in [0.25, 0.3) is 0 Å². The minimum absolute atomic E-state index is 0.469. The smallest absolute Gasteiger partial charge is 0.103 e. The number of fused-ring (bicyclic) bond motifs is 3. The maximum atomic E-state index is 9.92. The van der Waals surface area contributed by atoms with E-state index in [1.807, 2.05) is 30.5 Å². The van der Waals surface area contributed by atoms with Crippen LogP contribution in [-0.2, 0) is 0 Å². The van der Waals surface area contributed by atoms with Crippen molar-refractivity contribution in [3.63, 3.8) is 0 Å². The third-order valence-corrected chi connectivity index (χ3v) is 2.84. The Kier molecular flexibility index (Phi) is 1.75. The van der Waals surface area contributed by atoms with E-state index in [1.165, 1.54) is 0 Å². The molecule has 1 aliphatic carbocycles. The van der Waals surface area contributed by atoms with Crippen molar-refractivity contribution in [1.82, 2.24) is 4.98 Å². The van der Waals surface area contributed by atoms with Gasteiger partial charge in [-0.3, -0.25) is 4.98 Å². The molecule has 0 saturated carbocycles. The Balaban J connectivity index is 2.64. The molecule has 1 aromatic carbocycles. The number of aliphatic hydroxyl groups excluding tert-OH is 1. The zero-order valence-corrected chi connectivity index (χ0v) is 8.27. The van der Waals surface area contributed by atoms with Crippen LogP contribution in [0, 0.1) is 0 Å². The Hall–Kier alpha value is -1.83. The highest BCUT2D eigenvalue weighted by molar-refractivity contribution is 5.83. The second-order valence-corrected chi connectivity index (χ2v) is 3.80. The molecular formula is C13H11NO. The number of pyridine rings is 1. The van der Waals surface area contributed by atoms with Crippen LogP contribution < -0.4 is 10.6 Å². The van der Waals surface area contributed by atoms with Crippen molar-refractivity contribution in [2.75, 3.05) is 0 Å². The monoisotopic (exact) mass is 197 g/mol. The summed E-state index contributed by atoms with van der Waals surface area (Å²) < 4.78 is 0. The van der Waals surface area contributed by atoms with Crippen molar-refractivity contribution in [3.8, 4) is 0 Å². The first-order chi connectivity index (χ1) is 7.36. The van der Waals surface area contributed by atoms with Gasteiger partial charge in [-0.05, 0) is 11.8 Å². The fourth-order valence-electron chi connectivity index (χ4n) is 2.11. The van der Waals surface area contributed by atoms with Gasteiger partial charge in [0, 0.05) is 23.2 Å². The molecule has 2 nitrogen and oxygen atoms in total. The molecular weight excluding hydrogens is 186 g/mol. The van der Waals surface area contributed by atoms with Gasteiger partial charge in [-0.1, -0.05) is 30.3 Å². The van der Waals surface area contributed by atoms with Crippen LogP contribution in [0.25, 0.3) is 22.6 Å². The first-order valence-corrected chi connectivity index (χ1v) is 5.12. The molecule has 0 radical (unpaired) electrons. The van der Waals surface area contributed by atoms with Crippen LogP contribution in [0.4, 0.5) is 0 Å². The Morgan fingerprint density at radius 1 is 1.20 bits per heavy atom. The predicted molar refractivity (Wildman–Crippen MR) is 60.7 cm³/mol. The molecule has 1 heterocycles. The lowest BCUT2D eigenvalue weighted by Crippen LogP contribution is -2.33. The van der Waals surface area contributed by atoms with Gasteiger partial charge in [0.1, 0.15) is 5.76 Å². The average molecular weight is 197 g/mol. The molecule has 74 valence electrons. The zero-order valence-electron chi connectivity index (χ0n) is 8.27. The van der Waals surface area contributed by atoms with E-state index in [9.17, 15) is 5.11 Å². The number of hydrogen-bond donors (Lipinski definition) is 1. The normalized spacial score (nSPS) is 14.8. The van der Waals surface area contributed by atoms with E-state index < -0.39 is 0 Å².